The van der Waals surface area contributed by atoms with Crippen molar-refractivity contribution in [2.45, 2.75) is 20.4 Å². The van der Waals surface area contributed by atoms with E-state index in [0.717, 1.165) is 12.2 Å². The zero-order valence-corrected chi connectivity index (χ0v) is 15.2. The number of nitrogens with zero attached hydrogens (tertiary/aromatic N) is 2. The highest BCUT2D eigenvalue weighted by Crippen LogP contribution is 2.26. The molecular formula is C24H22N2. The summed E-state index contributed by atoms with van der Waals surface area (Å²) in [5.74, 6) is 0. The molecule has 26 heavy (non-hydrogen) atoms. The van der Waals surface area contributed by atoms with E-state index in [4.69, 9.17) is 4.99 Å². The molecule has 3 aromatic carbocycles. The summed E-state index contributed by atoms with van der Waals surface area (Å²) in [6.45, 7) is 5.14. The fourth-order valence-corrected chi connectivity index (χ4v) is 3.36. The smallest absolute Gasteiger partial charge is 0.0630 e. The van der Waals surface area contributed by atoms with Crippen molar-refractivity contribution >= 4 is 22.8 Å². The Kier molecular flexibility index (Phi) is 4.40. The first-order valence-corrected chi connectivity index (χ1v) is 8.95. The molecule has 0 amide bonds. The Morgan fingerprint density at radius 1 is 0.808 bits per heavy atom. The number of fused-ring (bicyclic) bond motifs is 1. The summed E-state index contributed by atoms with van der Waals surface area (Å²) in [6.07, 6.45) is 2.00. The quantitative estimate of drug-likeness (QED) is 0.403. The van der Waals surface area contributed by atoms with E-state index in [1.807, 2.05) is 6.21 Å². The molecule has 0 radical (unpaired) electrons. The van der Waals surface area contributed by atoms with Gasteiger partial charge in [-0.1, -0.05) is 66.2 Å². The Morgan fingerprint density at radius 3 is 2.27 bits per heavy atom. The second kappa shape index (κ2) is 7.01. The number of hydrogen-bond acceptors (Lipinski definition) is 1. The Hall–Kier alpha value is -3.13. The molecule has 0 aliphatic carbocycles. The van der Waals surface area contributed by atoms with Crippen molar-refractivity contribution in [2.24, 2.45) is 4.99 Å². The van der Waals surface area contributed by atoms with Gasteiger partial charge in [0.15, 0.2) is 0 Å². The fourth-order valence-electron chi connectivity index (χ4n) is 3.36. The zero-order chi connectivity index (χ0) is 17.9. The van der Waals surface area contributed by atoms with E-state index in [0.29, 0.717) is 0 Å². The van der Waals surface area contributed by atoms with E-state index < -0.39 is 0 Å². The van der Waals surface area contributed by atoms with Gasteiger partial charge in [-0.2, -0.15) is 0 Å². The molecule has 0 spiro atoms. The summed E-state index contributed by atoms with van der Waals surface area (Å²) in [6, 6.07) is 27.5. The van der Waals surface area contributed by atoms with E-state index in [2.05, 4.69) is 97.3 Å². The molecule has 0 saturated heterocycles. The summed E-state index contributed by atoms with van der Waals surface area (Å²) >= 11 is 0. The summed E-state index contributed by atoms with van der Waals surface area (Å²) < 4.78 is 2.38. The third-order valence-corrected chi connectivity index (χ3v) is 4.84. The number of para-hydroxylation sites is 1. The molecule has 1 aromatic heterocycles. The van der Waals surface area contributed by atoms with Crippen LogP contribution in [0.1, 0.15) is 22.4 Å². The van der Waals surface area contributed by atoms with Crippen molar-refractivity contribution in [1.29, 1.82) is 0 Å². The normalized spacial score (nSPS) is 11.5. The summed E-state index contributed by atoms with van der Waals surface area (Å²) in [5, 5.41) is 1.25. The lowest BCUT2D eigenvalue weighted by Crippen LogP contribution is -2.02. The molecule has 0 fully saturated rings. The van der Waals surface area contributed by atoms with Crippen LogP contribution in [-0.4, -0.2) is 10.8 Å². The average molecular weight is 338 g/mol. The van der Waals surface area contributed by atoms with Gasteiger partial charge in [-0.15, -0.1) is 0 Å². The molecule has 128 valence electrons. The van der Waals surface area contributed by atoms with Gasteiger partial charge in [0, 0.05) is 34.9 Å². The van der Waals surface area contributed by atoms with E-state index in [-0.39, 0.29) is 0 Å². The SMILES string of the molecule is Cc1ccc(N=Cc2c(C)n(Cc3ccccc3)c3ccccc23)cc1. The second-order valence-corrected chi connectivity index (χ2v) is 6.68. The van der Waals surface area contributed by atoms with E-state index in [1.54, 1.807) is 0 Å². The van der Waals surface area contributed by atoms with Gasteiger partial charge in [-0.05, 0) is 37.6 Å². The highest BCUT2D eigenvalue weighted by atomic mass is 15.0. The molecule has 2 nitrogen and oxygen atoms in total. The summed E-state index contributed by atoms with van der Waals surface area (Å²) in [7, 11) is 0. The zero-order valence-electron chi connectivity index (χ0n) is 15.2. The number of aryl methyl sites for hydroxylation is 1. The van der Waals surface area contributed by atoms with Crippen LogP contribution in [0.2, 0.25) is 0 Å². The van der Waals surface area contributed by atoms with Crippen LogP contribution >= 0.6 is 0 Å². The number of benzene rings is 3. The number of aromatic nitrogens is 1. The molecule has 2 heteroatoms. The monoisotopic (exact) mass is 338 g/mol. The predicted octanol–water partition coefficient (Wildman–Crippen LogP) is 6.06. The number of rotatable bonds is 4. The maximum absolute atomic E-state index is 4.71. The third kappa shape index (κ3) is 3.18. The van der Waals surface area contributed by atoms with Gasteiger partial charge in [0.2, 0.25) is 0 Å². The molecule has 0 atom stereocenters. The average Bonchev–Trinajstić information content (AvgIpc) is 2.94. The van der Waals surface area contributed by atoms with E-state index >= 15 is 0 Å². The summed E-state index contributed by atoms with van der Waals surface area (Å²) in [4.78, 5) is 4.71. The van der Waals surface area contributed by atoms with Crippen molar-refractivity contribution < 1.29 is 0 Å². The van der Waals surface area contributed by atoms with Gasteiger partial charge in [0.25, 0.3) is 0 Å². The third-order valence-electron chi connectivity index (χ3n) is 4.84. The predicted molar refractivity (Wildman–Crippen MR) is 111 cm³/mol. The van der Waals surface area contributed by atoms with E-state index in [9.17, 15) is 0 Å². The van der Waals surface area contributed by atoms with Gasteiger partial charge >= 0.3 is 0 Å². The Labute approximate surface area is 154 Å². The molecule has 1 heterocycles. The molecule has 4 rings (SSSR count). The minimum absolute atomic E-state index is 0.867. The lowest BCUT2D eigenvalue weighted by Gasteiger charge is -2.08. The molecule has 0 aliphatic rings. The summed E-state index contributed by atoms with van der Waals surface area (Å²) in [5.41, 5.74) is 7.22. The van der Waals surface area contributed by atoms with Crippen molar-refractivity contribution in [3.8, 4) is 0 Å². The largest absolute Gasteiger partial charge is 0.340 e. The van der Waals surface area contributed by atoms with Crippen molar-refractivity contribution in [2.75, 3.05) is 0 Å². The van der Waals surface area contributed by atoms with Crippen LogP contribution in [0.4, 0.5) is 5.69 Å². The Bertz CT molecular complexity index is 1050. The van der Waals surface area contributed by atoms with E-state index in [1.165, 1.54) is 33.3 Å². The standard InChI is InChI=1S/C24H22N2/c1-18-12-14-21(15-13-18)25-16-23-19(2)26(17-20-8-4-3-5-9-20)24-11-7-6-10-22(23)24/h3-16H,17H2,1-2H3. The van der Waals surface area contributed by atoms with Crippen LogP contribution in [0.5, 0.6) is 0 Å². The molecule has 0 N–H and O–H groups in total. The minimum atomic E-state index is 0.867. The lowest BCUT2D eigenvalue weighted by molar-refractivity contribution is 0.804. The van der Waals surface area contributed by atoms with Gasteiger partial charge in [0.1, 0.15) is 0 Å². The molecule has 0 unspecified atom stereocenters. The maximum atomic E-state index is 4.71. The van der Waals surface area contributed by atoms with Crippen LogP contribution in [0.15, 0.2) is 83.9 Å². The van der Waals surface area contributed by atoms with Crippen LogP contribution in [-0.2, 0) is 6.54 Å². The first-order chi connectivity index (χ1) is 12.7. The van der Waals surface area contributed by atoms with Crippen LogP contribution in [0.25, 0.3) is 10.9 Å². The Morgan fingerprint density at radius 2 is 1.50 bits per heavy atom. The van der Waals surface area contributed by atoms with Gasteiger partial charge in [-0.25, -0.2) is 0 Å². The number of aliphatic imine (C=N–C) groups is 1. The van der Waals surface area contributed by atoms with Crippen LogP contribution in [0.3, 0.4) is 0 Å². The first kappa shape index (κ1) is 16.3. The van der Waals surface area contributed by atoms with Crippen LogP contribution < -0.4 is 0 Å². The van der Waals surface area contributed by atoms with Gasteiger partial charge < -0.3 is 4.57 Å². The number of hydrogen-bond donors (Lipinski definition) is 0. The molecule has 4 aromatic rings. The highest BCUT2D eigenvalue weighted by molar-refractivity contribution is 6.01. The van der Waals surface area contributed by atoms with Gasteiger partial charge in [0.05, 0.1) is 5.69 Å². The maximum Gasteiger partial charge on any atom is 0.0630 e. The van der Waals surface area contributed by atoms with Crippen LogP contribution in [0, 0.1) is 13.8 Å². The fraction of sp³-hybridized carbons (Fsp3) is 0.125. The minimum Gasteiger partial charge on any atom is -0.340 e. The first-order valence-electron chi connectivity index (χ1n) is 8.95. The highest BCUT2D eigenvalue weighted by Gasteiger charge is 2.12. The molecule has 0 bridgehead atoms. The Balaban J connectivity index is 1.77. The molecule has 0 aliphatic heterocycles. The lowest BCUT2D eigenvalue weighted by atomic mass is 10.1. The topological polar surface area (TPSA) is 17.3 Å². The van der Waals surface area contributed by atoms with Crippen molar-refractivity contribution in [3.63, 3.8) is 0 Å². The second-order valence-electron chi connectivity index (χ2n) is 6.68. The molecule has 0 saturated carbocycles. The molecular weight excluding hydrogens is 316 g/mol. The van der Waals surface area contributed by atoms with Gasteiger partial charge in [-0.3, -0.25) is 4.99 Å². The van der Waals surface area contributed by atoms with Crippen molar-refractivity contribution in [1.82, 2.24) is 4.57 Å². The van der Waals surface area contributed by atoms with Crippen molar-refractivity contribution in [3.05, 3.63) is 101 Å².